The minimum absolute atomic E-state index is 0.0171. The molecule has 1 fully saturated rings. The lowest BCUT2D eigenvalue weighted by Crippen LogP contribution is -2.37. The van der Waals surface area contributed by atoms with E-state index in [1.54, 1.807) is 24.3 Å². The van der Waals surface area contributed by atoms with Gasteiger partial charge in [0.2, 0.25) is 0 Å². The number of nitriles is 1. The monoisotopic (exact) mass is 442 g/mol. The molecule has 166 valence electrons. The van der Waals surface area contributed by atoms with E-state index in [0.29, 0.717) is 62.3 Å². The molecule has 1 aromatic heterocycles. The molecule has 2 aromatic carbocycles. The van der Waals surface area contributed by atoms with Gasteiger partial charge in [0.05, 0.1) is 18.7 Å². The molecular formula is C25H22N4O4. The maximum Gasteiger partial charge on any atom is 0.266 e. The van der Waals surface area contributed by atoms with E-state index < -0.39 is 5.91 Å². The van der Waals surface area contributed by atoms with E-state index in [-0.39, 0.29) is 5.57 Å². The van der Waals surface area contributed by atoms with Gasteiger partial charge in [-0.3, -0.25) is 4.79 Å². The topological polar surface area (TPSA) is 96.7 Å². The number of anilines is 2. The van der Waals surface area contributed by atoms with Crippen LogP contribution in [0.2, 0.25) is 0 Å². The van der Waals surface area contributed by atoms with Crippen LogP contribution in [0, 0.1) is 11.3 Å². The van der Waals surface area contributed by atoms with Crippen LogP contribution in [0.1, 0.15) is 5.56 Å². The lowest BCUT2D eigenvalue weighted by atomic mass is 10.1. The molecule has 33 heavy (non-hydrogen) atoms. The van der Waals surface area contributed by atoms with Gasteiger partial charge in [-0.05, 0) is 30.3 Å². The van der Waals surface area contributed by atoms with Crippen LogP contribution in [-0.4, -0.2) is 50.4 Å². The Labute approximate surface area is 191 Å². The van der Waals surface area contributed by atoms with Crippen molar-refractivity contribution in [2.75, 3.05) is 49.7 Å². The van der Waals surface area contributed by atoms with Crippen LogP contribution in [0.25, 0.3) is 17.0 Å². The first-order chi connectivity index (χ1) is 16.2. The van der Waals surface area contributed by atoms with Crippen molar-refractivity contribution in [3.63, 3.8) is 0 Å². The van der Waals surface area contributed by atoms with Gasteiger partial charge in [0.15, 0.2) is 11.5 Å². The third kappa shape index (κ3) is 4.45. The molecule has 1 N–H and O–H groups in total. The molecule has 8 heteroatoms. The van der Waals surface area contributed by atoms with Gasteiger partial charge in [-0.25, -0.2) is 4.98 Å². The average Bonchev–Trinajstić information content (AvgIpc) is 2.87. The van der Waals surface area contributed by atoms with E-state index >= 15 is 0 Å². The number of nitrogens with zero attached hydrogens (tertiary/aromatic N) is 3. The van der Waals surface area contributed by atoms with Crippen molar-refractivity contribution in [2.45, 2.75) is 0 Å². The minimum Gasteiger partial charge on any atom is -0.486 e. The molecule has 0 saturated carbocycles. The van der Waals surface area contributed by atoms with E-state index in [1.807, 2.05) is 36.4 Å². The molecule has 0 radical (unpaired) electrons. The quantitative estimate of drug-likeness (QED) is 0.489. The summed E-state index contributed by atoms with van der Waals surface area (Å²) in [6.07, 6.45) is 1.59. The molecule has 0 unspecified atom stereocenters. The number of morpholine rings is 1. The zero-order valence-electron chi connectivity index (χ0n) is 17.9. The molecule has 0 aliphatic carbocycles. The molecule has 3 aromatic rings. The predicted molar refractivity (Wildman–Crippen MR) is 124 cm³/mol. The number of benzene rings is 2. The normalized spacial score (nSPS) is 15.7. The van der Waals surface area contributed by atoms with Gasteiger partial charge in [0.25, 0.3) is 5.91 Å². The summed E-state index contributed by atoms with van der Waals surface area (Å²) in [4.78, 5) is 19.9. The molecule has 0 bridgehead atoms. The van der Waals surface area contributed by atoms with Crippen LogP contribution in [0.5, 0.6) is 11.5 Å². The first kappa shape index (κ1) is 20.8. The van der Waals surface area contributed by atoms with Gasteiger partial charge in [0.1, 0.15) is 30.7 Å². The van der Waals surface area contributed by atoms with E-state index in [2.05, 4.69) is 10.2 Å². The maximum absolute atomic E-state index is 12.9. The summed E-state index contributed by atoms with van der Waals surface area (Å²) >= 11 is 0. The largest absolute Gasteiger partial charge is 0.486 e. The standard InChI is InChI=1S/C25H22N4O4/c26-16-19(25(30)27-20-5-6-22-23(15-20)33-12-11-32-22)14-18-13-17-3-1-2-4-21(17)28-24(18)29-7-9-31-10-8-29/h1-6,13-15H,7-12H2,(H,27,30). The van der Waals surface area contributed by atoms with E-state index in [0.717, 1.165) is 16.7 Å². The number of ether oxygens (including phenoxy) is 3. The fourth-order valence-corrected chi connectivity index (χ4v) is 3.88. The van der Waals surface area contributed by atoms with Crippen molar-refractivity contribution in [3.05, 3.63) is 59.7 Å². The molecule has 2 aliphatic heterocycles. The van der Waals surface area contributed by atoms with Gasteiger partial charge in [-0.15, -0.1) is 0 Å². The third-order valence-corrected chi connectivity index (χ3v) is 5.51. The van der Waals surface area contributed by atoms with E-state index in [1.165, 1.54) is 0 Å². The van der Waals surface area contributed by atoms with Crippen LogP contribution in [0.3, 0.4) is 0 Å². The Morgan fingerprint density at radius 2 is 1.82 bits per heavy atom. The zero-order chi connectivity index (χ0) is 22.6. The fraction of sp³-hybridized carbons (Fsp3) is 0.240. The Morgan fingerprint density at radius 1 is 1.03 bits per heavy atom. The number of pyridine rings is 1. The SMILES string of the molecule is N#CC(=Cc1cc2ccccc2nc1N1CCOCC1)C(=O)Nc1ccc2c(c1)OCCO2. The van der Waals surface area contributed by atoms with Crippen molar-refractivity contribution in [3.8, 4) is 17.6 Å². The maximum atomic E-state index is 12.9. The smallest absolute Gasteiger partial charge is 0.266 e. The summed E-state index contributed by atoms with van der Waals surface area (Å²) in [5.41, 5.74) is 2.08. The number of carbonyl (C=O) groups is 1. The first-order valence-corrected chi connectivity index (χ1v) is 10.8. The second-order valence-electron chi connectivity index (χ2n) is 7.68. The molecule has 5 rings (SSSR count). The molecular weight excluding hydrogens is 420 g/mol. The zero-order valence-corrected chi connectivity index (χ0v) is 17.9. The van der Waals surface area contributed by atoms with Crippen molar-refractivity contribution in [1.82, 2.24) is 4.98 Å². The molecule has 0 spiro atoms. The summed E-state index contributed by atoms with van der Waals surface area (Å²) in [5.74, 6) is 1.43. The number of para-hydroxylation sites is 1. The molecule has 1 amide bonds. The highest BCUT2D eigenvalue weighted by Crippen LogP contribution is 2.33. The molecule has 3 heterocycles. The first-order valence-electron chi connectivity index (χ1n) is 10.8. The number of amides is 1. The van der Waals surface area contributed by atoms with Crippen LogP contribution in [0.15, 0.2) is 54.1 Å². The van der Waals surface area contributed by atoms with Gasteiger partial charge in [-0.1, -0.05) is 18.2 Å². The highest BCUT2D eigenvalue weighted by molar-refractivity contribution is 6.10. The second-order valence-corrected chi connectivity index (χ2v) is 7.68. The van der Waals surface area contributed by atoms with Gasteiger partial charge in [0, 0.05) is 35.8 Å². The van der Waals surface area contributed by atoms with Crippen molar-refractivity contribution in [1.29, 1.82) is 5.26 Å². The molecule has 8 nitrogen and oxygen atoms in total. The van der Waals surface area contributed by atoms with Crippen LogP contribution >= 0.6 is 0 Å². The highest BCUT2D eigenvalue weighted by Gasteiger charge is 2.19. The summed E-state index contributed by atoms with van der Waals surface area (Å²) in [5, 5.41) is 13.5. The number of hydrogen-bond donors (Lipinski definition) is 1. The lowest BCUT2D eigenvalue weighted by molar-refractivity contribution is -0.112. The van der Waals surface area contributed by atoms with Crippen LogP contribution < -0.4 is 19.7 Å². The van der Waals surface area contributed by atoms with Gasteiger partial charge < -0.3 is 24.4 Å². The Morgan fingerprint density at radius 3 is 2.64 bits per heavy atom. The number of hydrogen-bond acceptors (Lipinski definition) is 7. The Bertz CT molecular complexity index is 1280. The van der Waals surface area contributed by atoms with Gasteiger partial charge in [-0.2, -0.15) is 5.26 Å². The average molecular weight is 442 g/mol. The van der Waals surface area contributed by atoms with Crippen LogP contribution in [-0.2, 0) is 9.53 Å². The van der Waals surface area contributed by atoms with Crippen molar-refractivity contribution >= 4 is 34.4 Å². The number of aromatic nitrogens is 1. The number of nitrogens with one attached hydrogen (secondary N) is 1. The Balaban J connectivity index is 1.47. The summed E-state index contributed by atoms with van der Waals surface area (Å²) in [6.45, 7) is 3.54. The van der Waals surface area contributed by atoms with E-state index in [9.17, 15) is 10.1 Å². The van der Waals surface area contributed by atoms with Crippen molar-refractivity contribution < 1.29 is 19.0 Å². The second kappa shape index (κ2) is 9.18. The Hall–Kier alpha value is -4.09. The Kier molecular flexibility index (Phi) is 5.79. The highest BCUT2D eigenvalue weighted by atomic mass is 16.6. The third-order valence-electron chi connectivity index (χ3n) is 5.51. The number of carbonyl (C=O) groups excluding carboxylic acids is 1. The molecule has 0 atom stereocenters. The molecule has 2 aliphatic rings. The molecule has 1 saturated heterocycles. The van der Waals surface area contributed by atoms with E-state index in [4.69, 9.17) is 19.2 Å². The minimum atomic E-state index is -0.504. The summed E-state index contributed by atoms with van der Waals surface area (Å²) in [6, 6.07) is 16.9. The number of fused-ring (bicyclic) bond motifs is 2. The fourth-order valence-electron chi connectivity index (χ4n) is 3.88. The van der Waals surface area contributed by atoms with Crippen molar-refractivity contribution in [2.24, 2.45) is 0 Å². The lowest BCUT2D eigenvalue weighted by Gasteiger charge is -2.29. The summed E-state index contributed by atoms with van der Waals surface area (Å²) < 4.78 is 16.6. The number of rotatable bonds is 4. The predicted octanol–water partition coefficient (Wildman–Crippen LogP) is 3.39. The van der Waals surface area contributed by atoms with Crippen LogP contribution in [0.4, 0.5) is 11.5 Å². The summed E-state index contributed by atoms with van der Waals surface area (Å²) in [7, 11) is 0. The van der Waals surface area contributed by atoms with Gasteiger partial charge >= 0.3 is 0 Å².